The quantitative estimate of drug-likeness (QED) is 0.853. The number of carbonyl (C=O) groups excluding carboxylic acids is 1. The number of hydrogen-bond donors (Lipinski definition) is 0. The summed E-state index contributed by atoms with van der Waals surface area (Å²) in [5.41, 5.74) is 1.03. The molecule has 0 aliphatic carbocycles. The molecule has 0 bridgehead atoms. The second kappa shape index (κ2) is 5.36. The summed E-state index contributed by atoms with van der Waals surface area (Å²) in [7, 11) is 0. The Labute approximate surface area is 121 Å². The Balaban J connectivity index is 1.89. The molecule has 0 saturated carbocycles. The number of aromatic nitrogens is 2. The Kier molecular flexibility index (Phi) is 3.56. The Morgan fingerprint density at radius 3 is 2.95 bits per heavy atom. The predicted molar refractivity (Wildman–Crippen MR) is 75.7 cm³/mol. The molecular formula is C14H17N3O2S. The van der Waals surface area contributed by atoms with Gasteiger partial charge in [0, 0.05) is 6.54 Å². The summed E-state index contributed by atoms with van der Waals surface area (Å²) in [5.74, 6) is 1.26. The molecule has 0 radical (unpaired) electrons. The molecule has 1 saturated heterocycles. The van der Waals surface area contributed by atoms with Crippen LogP contribution in [0.15, 0.2) is 16.0 Å². The van der Waals surface area contributed by atoms with Crippen molar-refractivity contribution >= 4 is 17.2 Å². The standard InChI is InChI=1S/C14H17N3O2S/c1-9-6-8-20-12(9)14(18)17-7-4-3-5-11(17)13-15-10(2)16-19-13/h6,8,11H,3-5,7H2,1-2H3. The van der Waals surface area contributed by atoms with E-state index in [9.17, 15) is 4.79 Å². The van der Waals surface area contributed by atoms with Crippen molar-refractivity contribution in [3.8, 4) is 0 Å². The first-order valence-electron chi connectivity index (χ1n) is 6.82. The van der Waals surface area contributed by atoms with Gasteiger partial charge >= 0.3 is 0 Å². The number of nitrogens with zero attached hydrogens (tertiary/aromatic N) is 3. The van der Waals surface area contributed by atoms with Crippen LogP contribution in [0.1, 0.15) is 52.3 Å². The van der Waals surface area contributed by atoms with Crippen LogP contribution in [0.3, 0.4) is 0 Å². The molecule has 2 aromatic heterocycles. The van der Waals surface area contributed by atoms with Crippen LogP contribution >= 0.6 is 11.3 Å². The topological polar surface area (TPSA) is 59.2 Å². The smallest absolute Gasteiger partial charge is 0.264 e. The lowest BCUT2D eigenvalue weighted by Crippen LogP contribution is -2.38. The molecule has 2 aromatic rings. The highest BCUT2D eigenvalue weighted by Crippen LogP contribution is 2.32. The van der Waals surface area contributed by atoms with Gasteiger partial charge in [0.1, 0.15) is 6.04 Å². The summed E-state index contributed by atoms with van der Waals surface area (Å²) >= 11 is 1.50. The average molecular weight is 291 g/mol. The molecule has 1 atom stereocenters. The van der Waals surface area contributed by atoms with Gasteiger partial charge in [-0.25, -0.2) is 0 Å². The number of aryl methyl sites for hydroxylation is 2. The van der Waals surface area contributed by atoms with Crippen molar-refractivity contribution in [3.05, 3.63) is 33.6 Å². The maximum Gasteiger partial charge on any atom is 0.264 e. The van der Waals surface area contributed by atoms with Crippen LogP contribution in [-0.2, 0) is 0 Å². The van der Waals surface area contributed by atoms with Gasteiger partial charge in [-0.15, -0.1) is 11.3 Å². The second-order valence-corrected chi connectivity index (χ2v) is 6.04. The fraction of sp³-hybridized carbons (Fsp3) is 0.500. The van der Waals surface area contributed by atoms with Crippen LogP contribution in [0.4, 0.5) is 0 Å². The van der Waals surface area contributed by atoms with E-state index < -0.39 is 0 Å². The zero-order valence-electron chi connectivity index (χ0n) is 11.6. The predicted octanol–water partition coefficient (Wildman–Crippen LogP) is 3.12. The Hall–Kier alpha value is -1.69. The number of hydrogen-bond acceptors (Lipinski definition) is 5. The molecule has 1 unspecified atom stereocenters. The lowest BCUT2D eigenvalue weighted by molar-refractivity contribution is 0.0565. The normalized spacial score (nSPS) is 19.3. The molecule has 1 aliphatic heterocycles. The molecular weight excluding hydrogens is 274 g/mol. The minimum Gasteiger partial charge on any atom is -0.337 e. The van der Waals surface area contributed by atoms with Crippen molar-refractivity contribution in [2.75, 3.05) is 6.54 Å². The van der Waals surface area contributed by atoms with Gasteiger partial charge < -0.3 is 9.42 Å². The van der Waals surface area contributed by atoms with Gasteiger partial charge in [-0.1, -0.05) is 5.16 Å². The van der Waals surface area contributed by atoms with E-state index >= 15 is 0 Å². The molecule has 3 heterocycles. The van der Waals surface area contributed by atoms with Crippen molar-refractivity contribution in [2.24, 2.45) is 0 Å². The second-order valence-electron chi connectivity index (χ2n) is 5.12. The van der Waals surface area contributed by atoms with Crippen molar-refractivity contribution in [2.45, 2.75) is 39.2 Å². The molecule has 6 heteroatoms. The third-order valence-corrected chi connectivity index (χ3v) is 4.65. The van der Waals surface area contributed by atoms with Crippen LogP contribution in [0.5, 0.6) is 0 Å². The fourth-order valence-electron chi connectivity index (χ4n) is 2.60. The highest BCUT2D eigenvalue weighted by molar-refractivity contribution is 7.12. The minimum atomic E-state index is -0.0843. The third kappa shape index (κ3) is 2.35. The molecule has 0 spiro atoms. The van der Waals surface area contributed by atoms with Crippen LogP contribution in [0, 0.1) is 13.8 Å². The molecule has 0 N–H and O–H groups in total. The van der Waals surface area contributed by atoms with E-state index in [0.29, 0.717) is 11.7 Å². The maximum absolute atomic E-state index is 12.7. The molecule has 20 heavy (non-hydrogen) atoms. The van der Waals surface area contributed by atoms with E-state index in [1.807, 2.05) is 23.3 Å². The lowest BCUT2D eigenvalue weighted by atomic mass is 10.0. The highest BCUT2D eigenvalue weighted by Gasteiger charge is 2.33. The van der Waals surface area contributed by atoms with Crippen molar-refractivity contribution in [1.82, 2.24) is 15.0 Å². The van der Waals surface area contributed by atoms with E-state index in [-0.39, 0.29) is 11.9 Å². The van der Waals surface area contributed by atoms with Gasteiger partial charge in [0.15, 0.2) is 5.82 Å². The van der Waals surface area contributed by atoms with Gasteiger partial charge in [0.2, 0.25) is 5.89 Å². The van der Waals surface area contributed by atoms with E-state index in [1.165, 1.54) is 11.3 Å². The first kappa shape index (κ1) is 13.3. The number of piperidine rings is 1. The van der Waals surface area contributed by atoms with Crippen LogP contribution in [-0.4, -0.2) is 27.5 Å². The lowest BCUT2D eigenvalue weighted by Gasteiger charge is -2.33. The first-order chi connectivity index (χ1) is 9.66. The molecule has 106 valence electrons. The number of thiophene rings is 1. The van der Waals surface area contributed by atoms with Gasteiger partial charge in [-0.05, 0) is 50.1 Å². The molecule has 5 nitrogen and oxygen atoms in total. The molecule has 0 aromatic carbocycles. The Morgan fingerprint density at radius 1 is 1.45 bits per heavy atom. The zero-order chi connectivity index (χ0) is 14.1. The van der Waals surface area contributed by atoms with Crippen molar-refractivity contribution in [1.29, 1.82) is 0 Å². The largest absolute Gasteiger partial charge is 0.337 e. The zero-order valence-corrected chi connectivity index (χ0v) is 12.4. The number of carbonyl (C=O) groups is 1. The number of amides is 1. The summed E-state index contributed by atoms with van der Waals surface area (Å²) in [6, 6.07) is 1.90. The first-order valence-corrected chi connectivity index (χ1v) is 7.70. The van der Waals surface area contributed by atoms with E-state index in [0.717, 1.165) is 36.2 Å². The Bertz CT molecular complexity index is 619. The third-order valence-electron chi connectivity index (χ3n) is 3.65. The van der Waals surface area contributed by atoms with Crippen LogP contribution in [0.2, 0.25) is 0 Å². The van der Waals surface area contributed by atoms with Gasteiger partial charge in [0.05, 0.1) is 4.88 Å². The molecule has 1 aliphatic rings. The SMILES string of the molecule is Cc1noc(C2CCCCN2C(=O)c2sccc2C)n1. The number of likely N-dealkylation sites (tertiary alicyclic amines) is 1. The van der Waals surface area contributed by atoms with Gasteiger partial charge in [-0.2, -0.15) is 4.98 Å². The highest BCUT2D eigenvalue weighted by atomic mass is 32.1. The average Bonchev–Trinajstić information content (AvgIpc) is 3.07. The van der Waals surface area contributed by atoms with Gasteiger partial charge in [-0.3, -0.25) is 4.79 Å². The monoisotopic (exact) mass is 291 g/mol. The minimum absolute atomic E-state index is 0.0815. The van der Waals surface area contributed by atoms with Crippen LogP contribution < -0.4 is 0 Å². The fourth-order valence-corrected chi connectivity index (χ4v) is 3.48. The molecule has 3 rings (SSSR count). The van der Waals surface area contributed by atoms with Crippen LogP contribution in [0.25, 0.3) is 0 Å². The molecule has 1 fully saturated rings. The van der Waals surface area contributed by atoms with E-state index in [1.54, 1.807) is 6.92 Å². The van der Waals surface area contributed by atoms with Gasteiger partial charge in [0.25, 0.3) is 5.91 Å². The summed E-state index contributed by atoms with van der Waals surface area (Å²) in [6.07, 6.45) is 3.00. The summed E-state index contributed by atoms with van der Waals surface area (Å²) < 4.78 is 5.28. The van der Waals surface area contributed by atoms with E-state index in [4.69, 9.17) is 4.52 Å². The maximum atomic E-state index is 12.7. The summed E-state index contributed by atoms with van der Waals surface area (Å²) in [5, 5.41) is 5.80. The Morgan fingerprint density at radius 2 is 2.30 bits per heavy atom. The summed E-state index contributed by atoms with van der Waals surface area (Å²) in [6.45, 7) is 4.52. The summed E-state index contributed by atoms with van der Waals surface area (Å²) in [4.78, 5) is 19.7. The van der Waals surface area contributed by atoms with E-state index in [2.05, 4.69) is 10.1 Å². The number of rotatable bonds is 2. The van der Waals surface area contributed by atoms with Crippen molar-refractivity contribution < 1.29 is 9.32 Å². The molecule has 1 amide bonds. The van der Waals surface area contributed by atoms with Crippen molar-refractivity contribution in [3.63, 3.8) is 0 Å².